The minimum Gasteiger partial charge on any atom is -0.381 e. The summed E-state index contributed by atoms with van der Waals surface area (Å²) in [4.78, 5) is 2.71. The lowest BCUT2D eigenvalue weighted by Gasteiger charge is -2.48. The van der Waals surface area contributed by atoms with Gasteiger partial charge in [-0.25, -0.2) is 0 Å². The molecule has 0 aromatic carbocycles. The van der Waals surface area contributed by atoms with Gasteiger partial charge in [0.25, 0.3) is 0 Å². The van der Waals surface area contributed by atoms with Crippen molar-refractivity contribution in [2.45, 2.75) is 77.9 Å². The molecule has 1 saturated carbocycles. The van der Waals surface area contributed by atoms with E-state index in [0.29, 0.717) is 6.10 Å². The van der Waals surface area contributed by atoms with E-state index in [1.165, 1.54) is 45.2 Å². The highest BCUT2D eigenvalue weighted by molar-refractivity contribution is 4.97. The molecule has 1 rings (SSSR count). The monoisotopic (exact) mass is 298 g/mol. The molecule has 3 nitrogen and oxygen atoms in total. The second-order valence-electron chi connectivity index (χ2n) is 7.73. The van der Waals surface area contributed by atoms with E-state index in [4.69, 9.17) is 10.5 Å². The summed E-state index contributed by atoms with van der Waals surface area (Å²) in [5, 5.41) is 0. The van der Waals surface area contributed by atoms with Gasteiger partial charge in [0.15, 0.2) is 0 Å². The third-order valence-electron chi connectivity index (χ3n) is 5.11. The van der Waals surface area contributed by atoms with E-state index in [0.717, 1.165) is 24.8 Å². The SMILES string of the molecule is COC1CCCC(CN)(N(CCC(C)C)CCC(C)C)C1. The number of hydrogen-bond acceptors (Lipinski definition) is 3. The third-order valence-corrected chi connectivity index (χ3v) is 5.11. The summed E-state index contributed by atoms with van der Waals surface area (Å²) < 4.78 is 5.67. The highest BCUT2D eigenvalue weighted by atomic mass is 16.5. The van der Waals surface area contributed by atoms with Gasteiger partial charge in [-0.1, -0.05) is 27.7 Å². The molecule has 1 aliphatic carbocycles. The highest BCUT2D eigenvalue weighted by Gasteiger charge is 2.40. The van der Waals surface area contributed by atoms with Crippen molar-refractivity contribution in [1.29, 1.82) is 0 Å². The van der Waals surface area contributed by atoms with Gasteiger partial charge < -0.3 is 10.5 Å². The topological polar surface area (TPSA) is 38.5 Å². The number of nitrogens with zero attached hydrogens (tertiary/aromatic N) is 1. The minimum absolute atomic E-state index is 0.169. The summed E-state index contributed by atoms with van der Waals surface area (Å²) in [5.74, 6) is 1.51. The lowest BCUT2D eigenvalue weighted by atomic mass is 9.78. The average Bonchev–Trinajstić information content (AvgIpc) is 2.46. The van der Waals surface area contributed by atoms with Crippen LogP contribution in [0.3, 0.4) is 0 Å². The number of methoxy groups -OCH3 is 1. The molecule has 2 N–H and O–H groups in total. The first kappa shape index (κ1) is 18.9. The normalized spacial score (nSPS) is 27.0. The first-order chi connectivity index (χ1) is 9.93. The van der Waals surface area contributed by atoms with Gasteiger partial charge in [0.1, 0.15) is 0 Å². The van der Waals surface area contributed by atoms with Crippen LogP contribution >= 0.6 is 0 Å². The van der Waals surface area contributed by atoms with Crippen LogP contribution in [0.15, 0.2) is 0 Å². The van der Waals surface area contributed by atoms with Crippen LogP contribution in [-0.2, 0) is 4.74 Å². The molecule has 1 fully saturated rings. The summed E-state index contributed by atoms with van der Waals surface area (Å²) in [6, 6.07) is 0. The predicted molar refractivity (Wildman–Crippen MR) is 91.5 cm³/mol. The third kappa shape index (κ3) is 5.88. The maximum Gasteiger partial charge on any atom is 0.0589 e. The van der Waals surface area contributed by atoms with Crippen LogP contribution in [0.5, 0.6) is 0 Å². The Morgan fingerprint density at radius 3 is 2.14 bits per heavy atom. The van der Waals surface area contributed by atoms with Crippen LogP contribution in [0.25, 0.3) is 0 Å². The quantitative estimate of drug-likeness (QED) is 0.706. The molecule has 0 amide bonds. The van der Waals surface area contributed by atoms with Gasteiger partial charge in [0.05, 0.1) is 6.10 Å². The van der Waals surface area contributed by atoms with Gasteiger partial charge in [-0.05, 0) is 63.5 Å². The zero-order valence-corrected chi connectivity index (χ0v) is 15.0. The van der Waals surface area contributed by atoms with Crippen LogP contribution in [0.4, 0.5) is 0 Å². The molecule has 0 aromatic rings. The van der Waals surface area contributed by atoms with Crippen molar-refractivity contribution in [3.63, 3.8) is 0 Å². The molecular formula is C18H38N2O. The molecule has 0 radical (unpaired) electrons. The fraction of sp³-hybridized carbons (Fsp3) is 1.00. The zero-order valence-electron chi connectivity index (χ0n) is 15.0. The molecule has 0 aliphatic heterocycles. The Hall–Kier alpha value is -0.120. The first-order valence-corrected chi connectivity index (χ1v) is 8.91. The van der Waals surface area contributed by atoms with Gasteiger partial charge in [0, 0.05) is 19.2 Å². The second-order valence-corrected chi connectivity index (χ2v) is 7.73. The van der Waals surface area contributed by atoms with E-state index in [2.05, 4.69) is 32.6 Å². The number of ether oxygens (including phenoxy) is 1. The number of hydrogen-bond donors (Lipinski definition) is 1. The van der Waals surface area contributed by atoms with Crippen molar-refractivity contribution in [3.05, 3.63) is 0 Å². The Labute approximate surface area is 132 Å². The van der Waals surface area contributed by atoms with E-state index in [1.54, 1.807) is 0 Å². The van der Waals surface area contributed by atoms with E-state index in [-0.39, 0.29) is 5.54 Å². The summed E-state index contributed by atoms with van der Waals surface area (Å²) in [6.45, 7) is 12.4. The molecule has 21 heavy (non-hydrogen) atoms. The molecular weight excluding hydrogens is 260 g/mol. The van der Waals surface area contributed by atoms with Gasteiger partial charge in [0.2, 0.25) is 0 Å². The molecule has 0 aromatic heterocycles. The summed E-state index contributed by atoms with van der Waals surface area (Å²) in [7, 11) is 1.85. The summed E-state index contributed by atoms with van der Waals surface area (Å²) in [5.41, 5.74) is 6.44. The van der Waals surface area contributed by atoms with Crippen LogP contribution in [0.2, 0.25) is 0 Å². The lowest BCUT2D eigenvalue weighted by Crippen LogP contribution is -2.58. The fourth-order valence-corrected chi connectivity index (χ4v) is 3.50. The van der Waals surface area contributed by atoms with Crippen molar-refractivity contribution in [1.82, 2.24) is 4.90 Å². The first-order valence-electron chi connectivity index (χ1n) is 8.91. The Balaban J connectivity index is 2.78. The standard InChI is InChI=1S/C18H38N2O/c1-15(2)8-11-20(12-9-16(3)4)18(14-19)10-6-7-17(13-18)21-5/h15-17H,6-14,19H2,1-5H3. The molecule has 1 aliphatic rings. The van der Waals surface area contributed by atoms with E-state index in [9.17, 15) is 0 Å². The molecule has 2 unspecified atom stereocenters. The highest BCUT2D eigenvalue weighted by Crippen LogP contribution is 2.35. The molecule has 0 heterocycles. The van der Waals surface area contributed by atoms with Crippen LogP contribution in [0.1, 0.15) is 66.2 Å². The van der Waals surface area contributed by atoms with Crippen molar-refractivity contribution in [2.24, 2.45) is 17.6 Å². The molecule has 0 spiro atoms. The van der Waals surface area contributed by atoms with Crippen LogP contribution in [-0.4, -0.2) is 43.3 Å². The van der Waals surface area contributed by atoms with E-state index >= 15 is 0 Å². The van der Waals surface area contributed by atoms with Gasteiger partial charge >= 0.3 is 0 Å². The lowest BCUT2D eigenvalue weighted by molar-refractivity contribution is -0.0251. The fourth-order valence-electron chi connectivity index (χ4n) is 3.50. The Bertz CT molecular complexity index is 268. The van der Waals surface area contributed by atoms with E-state index < -0.39 is 0 Å². The zero-order chi connectivity index (χ0) is 15.9. The largest absolute Gasteiger partial charge is 0.381 e. The Morgan fingerprint density at radius 1 is 1.14 bits per heavy atom. The maximum absolute atomic E-state index is 6.27. The average molecular weight is 299 g/mol. The van der Waals surface area contributed by atoms with Crippen LogP contribution < -0.4 is 5.73 Å². The van der Waals surface area contributed by atoms with E-state index in [1.807, 2.05) is 7.11 Å². The number of rotatable bonds is 9. The molecule has 126 valence electrons. The van der Waals surface area contributed by atoms with Gasteiger partial charge in [-0.15, -0.1) is 0 Å². The maximum atomic E-state index is 6.27. The smallest absolute Gasteiger partial charge is 0.0589 e. The number of nitrogens with two attached hydrogens (primary N) is 1. The second kappa shape index (κ2) is 9.12. The van der Waals surface area contributed by atoms with Gasteiger partial charge in [-0.3, -0.25) is 4.90 Å². The summed E-state index contributed by atoms with van der Waals surface area (Å²) >= 11 is 0. The van der Waals surface area contributed by atoms with Crippen molar-refractivity contribution in [2.75, 3.05) is 26.7 Å². The molecule has 0 bridgehead atoms. The van der Waals surface area contributed by atoms with Crippen LogP contribution in [0, 0.1) is 11.8 Å². The van der Waals surface area contributed by atoms with Crippen molar-refractivity contribution >= 4 is 0 Å². The molecule has 2 atom stereocenters. The van der Waals surface area contributed by atoms with Gasteiger partial charge in [-0.2, -0.15) is 0 Å². The summed E-state index contributed by atoms with van der Waals surface area (Å²) in [6.07, 6.45) is 7.70. The Kier molecular flexibility index (Phi) is 8.22. The van der Waals surface area contributed by atoms with Crippen molar-refractivity contribution in [3.8, 4) is 0 Å². The Morgan fingerprint density at radius 2 is 1.71 bits per heavy atom. The minimum atomic E-state index is 0.169. The molecule has 0 saturated heterocycles. The van der Waals surface area contributed by atoms with Crippen molar-refractivity contribution < 1.29 is 4.74 Å². The molecule has 3 heteroatoms. The predicted octanol–water partition coefficient (Wildman–Crippen LogP) is 3.67.